The summed E-state index contributed by atoms with van der Waals surface area (Å²) >= 11 is 0. The van der Waals surface area contributed by atoms with Crippen LogP contribution in [0.3, 0.4) is 0 Å². The Bertz CT molecular complexity index is 510. The lowest BCUT2D eigenvalue weighted by atomic mass is 10.00. The minimum Gasteiger partial charge on any atom is -0.316 e. The van der Waals surface area contributed by atoms with Crippen LogP contribution in [0.15, 0.2) is 30.3 Å². The molecule has 0 saturated carbocycles. The Morgan fingerprint density at radius 1 is 1.30 bits per heavy atom. The van der Waals surface area contributed by atoms with Crippen molar-refractivity contribution in [2.75, 3.05) is 31.9 Å². The molecule has 20 heavy (non-hydrogen) atoms. The Hall–Kier alpha value is -0.910. The van der Waals surface area contributed by atoms with Gasteiger partial charge < -0.3 is 5.32 Å². The average molecular weight is 296 g/mol. The minimum atomic E-state index is -2.97. The summed E-state index contributed by atoms with van der Waals surface area (Å²) in [6.45, 7) is 7.07. The van der Waals surface area contributed by atoms with E-state index in [-0.39, 0.29) is 5.75 Å². The molecule has 112 valence electrons. The summed E-state index contributed by atoms with van der Waals surface area (Å²) < 4.78 is 24.8. The van der Waals surface area contributed by atoms with E-state index in [4.69, 9.17) is 0 Å². The first kappa shape index (κ1) is 15.5. The molecule has 0 aliphatic carbocycles. The van der Waals surface area contributed by atoms with Gasteiger partial charge in [-0.15, -0.1) is 0 Å². The maximum atomic E-state index is 11.6. The first-order chi connectivity index (χ1) is 9.53. The van der Waals surface area contributed by atoms with Crippen molar-refractivity contribution in [1.82, 2.24) is 9.62 Å². The largest absolute Gasteiger partial charge is 0.316 e. The van der Waals surface area contributed by atoms with Gasteiger partial charge in [0.1, 0.15) is 0 Å². The number of benzene rings is 1. The Labute approximate surface area is 122 Å². The molecule has 1 N–H and O–H groups in total. The van der Waals surface area contributed by atoms with Gasteiger partial charge in [-0.2, -0.15) is 0 Å². The number of nitrogens with one attached hydrogen (secondary N) is 1. The lowest BCUT2D eigenvalue weighted by Gasteiger charge is -2.38. The zero-order chi connectivity index (χ0) is 14.6. The van der Waals surface area contributed by atoms with Crippen molar-refractivity contribution in [1.29, 1.82) is 0 Å². The minimum absolute atomic E-state index is 0.207. The molecule has 0 spiro atoms. The molecule has 1 atom stereocenters. The van der Waals surface area contributed by atoms with E-state index in [1.807, 2.05) is 6.07 Å². The third-order valence-electron chi connectivity index (χ3n) is 3.93. The van der Waals surface area contributed by atoms with Crippen LogP contribution < -0.4 is 5.32 Å². The highest BCUT2D eigenvalue weighted by atomic mass is 32.2. The second-order valence-corrected chi connectivity index (χ2v) is 7.81. The molecule has 4 nitrogen and oxygen atoms in total. The summed E-state index contributed by atoms with van der Waals surface area (Å²) in [5, 5.41) is 3.45. The molecule has 1 aromatic carbocycles. The second-order valence-electron chi connectivity index (χ2n) is 5.55. The Morgan fingerprint density at radius 2 is 1.95 bits per heavy atom. The summed E-state index contributed by atoms with van der Waals surface area (Å²) in [6, 6.07) is 10.4. The van der Waals surface area contributed by atoms with E-state index in [1.54, 1.807) is 11.2 Å². The number of rotatable bonds is 7. The quantitative estimate of drug-likeness (QED) is 0.832. The normalized spacial score (nSPS) is 18.7. The fourth-order valence-electron chi connectivity index (χ4n) is 2.46. The van der Waals surface area contributed by atoms with Gasteiger partial charge in [0.15, 0.2) is 0 Å². The number of nitrogens with zero attached hydrogens (tertiary/aromatic N) is 1. The van der Waals surface area contributed by atoms with Crippen LogP contribution in [-0.2, 0) is 10.0 Å². The molecule has 0 radical (unpaired) electrons. The van der Waals surface area contributed by atoms with Crippen molar-refractivity contribution in [2.45, 2.75) is 19.8 Å². The third-order valence-corrected chi connectivity index (χ3v) is 5.75. The first-order valence-electron chi connectivity index (χ1n) is 7.26. The molecular formula is C15H24N2O2S. The second kappa shape index (κ2) is 6.70. The van der Waals surface area contributed by atoms with E-state index in [0.717, 1.165) is 13.1 Å². The summed E-state index contributed by atoms with van der Waals surface area (Å²) in [5.74, 6) is 1.14. The summed E-state index contributed by atoms with van der Waals surface area (Å²) in [6.07, 6.45) is 0. The highest BCUT2D eigenvalue weighted by Crippen LogP contribution is 2.19. The molecule has 0 bridgehead atoms. The molecular weight excluding hydrogens is 272 g/mol. The van der Waals surface area contributed by atoms with E-state index in [1.165, 1.54) is 5.56 Å². The van der Waals surface area contributed by atoms with Crippen LogP contribution in [-0.4, -0.2) is 44.7 Å². The lowest BCUT2D eigenvalue weighted by molar-refractivity contribution is 0.196. The van der Waals surface area contributed by atoms with Crippen molar-refractivity contribution in [3.63, 3.8) is 0 Å². The number of hydrogen-bond donors (Lipinski definition) is 1. The monoisotopic (exact) mass is 296 g/mol. The summed E-state index contributed by atoms with van der Waals surface area (Å²) in [5.41, 5.74) is 1.34. The van der Waals surface area contributed by atoms with Crippen molar-refractivity contribution in [3.05, 3.63) is 35.9 Å². The van der Waals surface area contributed by atoms with E-state index in [2.05, 4.69) is 36.5 Å². The predicted molar refractivity (Wildman–Crippen MR) is 82.3 cm³/mol. The van der Waals surface area contributed by atoms with E-state index in [0.29, 0.717) is 24.9 Å². The van der Waals surface area contributed by atoms with Crippen molar-refractivity contribution in [3.8, 4) is 0 Å². The van der Waals surface area contributed by atoms with Gasteiger partial charge in [0.2, 0.25) is 10.0 Å². The first-order valence-corrected chi connectivity index (χ1v) is 8.87. The third kappa shape index (κ3) is 3.81. The Balaban J connectivity index is 1.66. The van der Waals surface area contributed by atoms with Gasteiger partial charge in [-0.3, -0.25) is 0 Å². The van der Waals surface area contributed by atoms with Crippen LogP contribution in [0.2, 0.25) is 0 Å². The van der Waals surface area contributed by atoms with Crippen LogP contribution in [0.25, 0.3) is 0 Å². The van der Waals surface area contributed by atoms with Crippen molar-refractivity contribution < 1.29 is 8.42 Å². The fraction of sp³-hybridized carbons (Fsp3) is 0.600. The highest BCUT2D eigenvalue weighted by molar-refractivity contribution is 7.89. The highest BCUT2D eigenvalue weighted by Gasteiger charge is 2.34. The zero-order valence-corrected chi connectivity index (χ0v) is 13.1. The molecule has 1 unspecified atom stereocenters. The summed E-state index contributed by atoms with van der Waals surface area (Å²) in [7, 11) is -2.97. The molecule has 0 aromatic heterocycles. The predicted octanol–water partition coefficient (Wildman–Crippen LogP) is 1.66. The SMILES string of the molecule is CCS(=O)(=O)N1CC(CNCC(C)c2ccccc2)C1. The Morgan fingerprint density at radius 3 is 2.55 bits per heavy atom. The molecule has 1 aliphatic heterocycles. The molecule has 1 heterocycles. The van der Waals surface area contributed by atoms with E-state index >= 15 is 0 Å². The van der Waals surface area contributed by atoms with Crippen LogP contribution in [0, 0.1) is 5.92 Å². The van der Waals surface area contributed by atoms with Gasteiger partial charge in [0, 0.05) is 26.2 Å². The maximum Gasteiger partial charge on any atom is 0.213 e. The van der Waals surface area contributed by atoms with E-state index in [9.17, 15) is 8.42 Å². The van der Waals surface area contributed by atoms with Crippen molar-refractivity contribution in [2.24, 2.45) is 5.92 Å². The maximum absolute atomic E-state index is 11.6. The standard InChI is InChI=1S/C15H24N2O2S/c1-3-20(18,19)17-11-14(12-17)10-16-9-13(2)15-7-5-4-6-8-15/h4-8,13-14,16H,3,9-12H2,1-2H3. The van der Waals surface area contributed by atoms with Crippen LogP contribution in [0.5, 0.6) is 0 Å². The molecule has 0 amide bonds. The molecule has 1 saturated heterocycles. The van der Waals surface area contributed by atoms with Gasteiger partial charge >= 0.3 is 0 Å². The summed E-state index contributed by atoms with van der Waals surface area (Å²) in [4.78, 5) is 0. The van der Waals surface area contributed by atoms with E-state index < -0.39 is 10.0 Å². The number of sulfonamides is 1. The fourth-order valence-corrected chi connectivity index (χ4v) is 3.71. The zero-order valence-electron chi connectivity index (χ0n) is 12.2. The lowest BCUT2D eigenvalue weighted by Crippen LogP contribution is -2.53. The molecule has 1 aliphatic rings. The molecule has 1 fully saturated rings. The van der Waals surface area contributed by atoms with Gasteiger partial charge in [-0.1, -0.05) is 37.3 Å². The average Bonchev–Trinajstić information content (AvgIpc) is 2.41. The molecule has 5 heteroatoms. The van der Waals surface area contributed by atoms with Crippen LogP contribution >= 0.6 is 0 Å². The smallest absolute Gasteiger partial charge is 0.213 e. The topological polar surface area (TPSA) is 49.4 Å². The van der Waals surface area contributed by atoms with Gasteiger partial charge in [-0.25, -0.2) is 12.7 Å². The van der Waals surface area contributed by atoms with Crippen LogP contribution in [0.1, 0.15) is 25.3 Å². The van der Waals surface area contributed by atoms with Gasteiger partial charge in [0.05, 0.1) is 5.75 Å². The molecule has 2 rings (SSSR count). The molecule has 1 aromatic rings. The number of hydrogen-bond acceptors (Lipinski definition) is 3. The van der Waals surface area contributed by atoms with Gasteiger partial charge in [-0.05, 0) is 24.3 Å². The van der Waals surface area contributed by atoms with Gasteiger partial charge in [0.25, 0.3) is 0 Å². The Kier molecular flexibility index (Phi) is 5.18. The van der Waals surface area contributed by atoms with Crippen LogP contribution in [0.4, 0.5) is 0 Å². The van der Waals surface area contributed by atoms with Crippen molar-refractivity contribution >= 4 is 10.0 Å².